The summed E-state index contributed by atoms with van der Waals surface area (Å²) in [5.74, 6) is 0.676. The molecule has 0 atom stereocenters. The van der Waals surface area contributed by atoms with Crippen molar-refractivity contribution in [1.82, 2.24) is 9.80 Å². The highest BCUT2D eigenvalue weighted by molar-refractivity contribution is 5.81. The molecule has 2 saturated carbocycles. The van der Waals surface area contributed by atoms with Gasteiger partial charge in [-0.2, -0.15) is 5.26 Å². The summed E-state index contributed by atoms with van der Waals surface area (Å²) in [6.07, 6.45) is 6.63. The van der Waals surface area contributed by atoms with Gasteiger partial charge in [-0.1, -0.05) is 0 Å². The van der Waals surface area contributed by atoms with E-state index in [4.69, 9.17) is 11.8 Å². The zero-order chi connectivity index (χ0) is 18.5. The van der Waals surface area contributed by atoms with E-state index in [-0.39, 0.29) is 35.6 Å². The summed E-state index contributed by atoms with van der Waals surface area (Å²) in [5.41, 5.74) is 0. The van der Waals surface area contributed by atoms with Gasteiger partial charge in [0.1, 0.15) is 0 Å². The molecule has 3 rings (SSSR count). The Morgan fingerprint density at radius 3 is 1.62 bits per heavy atom. The number of nitriles is 1. The van der Waals surface area contributed by atoms with Gasteiger partial charge in [-0.15, -0.1) is 0 Å². The zero-order valence-electron chi connectivity index (χ0n) is 15.4. The lowest BCUT2D eigenvalue weighted by Gasteiger charge is -2.39. The Kier molecular flexibility index (Phi) is 6.14. The molecule has 1 heterocycles. The summed E-state index contributed by atoms with van der Waals surface area (Å²) in [6.45, 7) is 9.61. The van der Waals surface area contributed by atoms with E-state index in [1.807, 2.05) is 9.80 Å². The van der Waals surface area contributed by atoms with Crippen molar-refractivity contribution in [2.45, 2.75) is 57.4 Å². The number of carbonyl (C=O) groups excluding carboxylic acids is 2. The third kappa shape index (κ3) is 4.18. The lowest BCUT2D eigenvalue weighted by atomic mass is 9.82. The minimum Gasteiger partial charge on any atom is -0.339 e. The van der Waals surface area contributed by atoms with Gasteiger partial charge in [0.2, 0.25) is 17.9 Å². The van der Waals surface area contributed by atoms with Crippen LogP contribution in [0.25, 0.3) is 4.85 Å². The monoisotopic (exact) mass is 356 g/mol. The second kappa shape index (κ2) is 8.54. The van der Waals surface area contributed by atoms with Crippen LogP contribution in [-0.4, -0.2) is 53.8 Å². The van der Waals surface area contributed by atoms with Gasteiger partial charge in [0.05, 0.1) is 6.07 Å². The molecule has 0 N–H and O–H groups in total. The van der Waals surface area contributed by atoms with Gasteiger partial charge in [-0.3, -0.25) is 9.59 Å². The Morgan fingerprint density at radius 2 is 1.23 bits per heavy atom. The molecule has 0 aromatic heterocycles. The fraction of sp³-hybridized carbons (Fsp3) is 0.800. The lowest BCUT2D eigenvalue weighted by Crippen LogP contribution is -2.53. The first-order valence-corrected chi connectivity index (χ1v) is 9.96. The lowest BCUT2D eigenvalue weighted by molar-refractivity contribution is -0.145. The highest BCUT2D eigenvalue weighted by Gasteiger charge is 2.35. The molecule has 0 spiro atoms. The summed E-state index contributed by atoms with van der Waals surface area (Å²) in [6, 6.07) is 2.41. The summed E-state index contributed by atoms with van der Waals surface area (Å²) in [7, 11) is 0. The molecule has 0 unspecified atom stereocenters. The molecule has 3 aliphatic rings. The number of rotatable bonds is 2. The molecule has 0 radical (unpaired) electrons. The third-order valence-corrected chi connectivity index (χ3v) is 6.39. The van der Waals surface area contributed by atoms with Crippen LogP contribution in [0.4, 0.5) is 0 Å². The number of hydrogen-bond acceptors (Lipinski definition) is 3. The molecule has 2 amide bonds. The van der Waals surface area contributed by atoms with Crippen LogP contribution in [0.1, 0.15) is 51.4 Å². The molecule has 0 aromatic rings. The minimum absolute atomic E-state index is 0.0609. The second-order valence-corrected chi connectivity index (χ2v) is 7.96. The predicted molar refractivity (Wildman–Crippen MR) is 96.6 cm³/mol. The van der Waals surface area contributed by atoms with Crippen LogP contribution < -0.4 is 0 Å². The molecule has 26 heavy (non-hydrogen) atoms. The van der Waals surface area contributed by atoms with E-state index in [1.54, 1.807) is 0 Å². The van der Waals surface area contributed by atoms with Crippen LogP contribution in [0.3, 0.4) is 0 Å². The molecule has 0 bridgehead atoms. The van der Waals surface area contributed by atoms with Crippen LogP contribution in [-0.2, 0) is 9.59 Å². The van der Waals surface area contributed by atoms with Crippen LogP contribution in [0, 0.1) is 35.7 Å². The molecular formula is C20H28N4O2. The normalized spacial score (nSPS) is 32.4. The van der Waals surface area contributed by atoms with Gasteiger partial charge in [0.15, 0.2) is 0 Å². The Balaban J connectivity index is 1.44. The van der Waals surface area contributed by atoms with Crippen LogP contribution in [0.15, 0.2) is 0 Å². The topological polar surface area (TPSA) is 68.8 Å². The van der Waals surface area contributed by atoms with Gasteiger partial charge >= 0.3 is 0 Å². The summed E-state index contributed by atoms with van der Waals surface area (Å²) in [4.78, 5) is 32.8. The first kappa shape index (κ1) is 18.7. The number of piperazine rings is 1. The molecule has 6 heteroatoms. The summed E-state index contributed by atoms with van der Waals surface area (Å²) < 4.78 is 0. The summed E-state index contributed by atoms with van der Waals surface area (Å²) in [5, 5.41) is 8.98. The van der Waals surface area contributed by atoms with E-state index in [0.717, 1.165) is 51.4 Å². The van der Waals surface area contributed by atoms with Crippen LogP contribution in [0.2, 0.25) is 0 Å². The highest BCUT2D eigenvalue weighted by atomic mass is 16.2. The molecule has 2 aliphatic carbocycles. The van der Waals surface area contributed by atoms with Crippen molar-refractivity contribution in [3.05, 3.63) is 11.4 Å². The van der Waals surface area contributed by atoms with Gasteiger partial charge in [0, 0.05) is 56.8 Å². The Labute approximate surface area is 155 Å². The van der Waals surface area contributed by atoms with Gasteiger partial charge in [-0.25, -0.2) is 6.57 Å². The number of amides is 2. The molecular weight excluding hydrogens is 328 g/mol. The maximum atomic E-state index is 12.7. The number of nitrogens with zero attached hydrogens (tertiary/aromatic N) is 4. The van der Waals surface area contributed by atoms with E-state index in [1.165, 1.54) is 0 Å². The van der Waals surface area contributed by atoms with E-state index >= 15 is 0 Å². The Bertz CT molecular complexity index is 542. The molecule has 1 aliphatic heterocycles. The zero-order valence-corrected chi connectivity index (χ0v) is 15.4. The standard InChI is InChI=1S/C20H28N4O2/c1-22-18-8-6-17(7-9-18)20(26)24-12-10-23(11-13-24)19(25)16-4-2-15(14-21)3-5-16/h15-18H,2-13H2. The number of hydrogen-bond donors (Lipinski definition) is 0. The van der Waals surface area contributed by atoms with Crippen LogP contribution in [0.5, 0.6) is 0 Å². The van der Waals surface area contributed by atoms with Gasteiger partial charge in [-0.05, 0) is 38.5 Å². The fourth-order valence-electron chi connectivity index (χ4n) is 4.58. The van der Waals surface area contributed by atoms with Crippen molar-refractivity contribution in [3.8, 4) is 6.07 Å². The third-order valence-electron chi connectivity index (χ3n) is 6.39. The predicted octanol–water partition coefficient (Wildman–Crippen LogP) is 2.47. The average Bonchev–Trinajstić information content (AvgIpc) is 2.73. The average molecular weight is 356 g/mol. The van der Waals surface area contributed by atoms with Gasteiger partial charge < -0.3 is 14.6 Å². The van der Waals surface area contributed by atoms with E-state index in [0.29, 0.717) is 26.2 Å². The first-order chi connectivity index (χ1) is 12.6. The van der Waals surface area contributed by atoms with Gasteiger partial charge in [0.25, 0.3) is 0 Å². The fourth-order valence-corrected chi connectivity index (χ4v) is 4.58. The minimum atomic E-state index is 0.0609. The van der Waals surface area contributed by atoms with Crippen molar-refractivity contribution in [2.75, 3.05) is 26.2 Å². The second-order valence-electron chi connectivity index (χ2n) is 7.96. The van der Waals surface area contributed by atoms with Crippen molar-refractivity contribution in [1.29, 1.82) is 5.26 Å². The van der Waals surface area contributed by atoms with Crippen molar-refractivity contribution < 1.29 is 9.59 Å². The highest BCUT2D eigenvalue weighted by Crippen LogP contribution is 2.31. The number of carbonyl (C=O) groups is 2. The maximum absolute atomic E-state index is 12.7. The summed E-state index contributed by atoms with van der Waals surface area (Å²) >= 11 is 0. The van der Waals surface area contributed by atoms with Crippen molar-refractivity contribution in [3.63, 3.8) is 0 Å². The molecule has 6 nitrogen and oxygen atoms in total. The van der Waals surface area contributed by atoms with Crippen molar-refractivity contribution in [2.24, 2.45) is 17.8 Å². The maximum Gasteiger partial charge on any atom is 0.225 e. The molecule has 3 fully saturated rings. The largest absolute Gasteiger partial charge is 0.339 e. The molecule has 140 valence electrons. The van der Waals surface area contributed by atoms with E-state index in [2.05, 4.69) is 10.9 Å². The SMILES string of the molecule is [C-]#[N+]C1CCC(C(=O)N2CCN(C(=O)C3CCC(C#N)CC3)CC2)CC1. The smallest absolute Gasteiger partial charge is 0.225 e. The first-order valence-electron chi connectivity index (χ1n) is 9.96. The van der Waals surface area contributed by atoms with E-state index < -0.39 is 0 Å². The quantitative estimate of drug-likeness (QED) is 0.714. The molecule has 1 saturated heterocycles. The van der Waals surface area contributed by atoms with Crippen molar-refractivity contribution >= 4 is 11.8 Å². The Morgan fingerprint density at radius 1 is 0.808 bits per heavy atom. The molecule has 0 aromatic carbocycles. The van der Waals surface area contributed by atoms with E-state index in [9.17, 15) is 9.59 Å². The van der Waals surface area contributed by atoms with Crippen LogP contribution >= 0.6 is 0 Å². The Hall–Kier alpha value is -2.08.